The number of nitrogens with zero attached hydrogens (tertiary/aromatic N) is 4. The lowest BCUT2D eigenvalue weighted by Crippen LogP contribution is -2.25. The van der Waals surface area contributed by atoms with Gasteiger partial charge in [-0.05, 0) is 60.9 Å². The first kappa shape index (κ1) is 21.6. The lowest BCUT2D eigenvalue weighted by molar-refractivity contribution is 0.0956. The lowest BCUT2D eigenvalue weighted by Gasteiger charge is -2.05. The molecule has 5 aromatic rings. The number of nitrogens with one attached hydrogen (secondary N) is 1. The van der Waals surface area contributed by atoms with E-state index in [1.807, 2.05) is 72.4 Å². The Morgan fingerprint density at radius 2 is 1.94 bits per heavy atom. The second kappa shape index (κ2) is 9.31. The predicted octanol–water partition coefficient (Wildman–Crippen LogP) is 4.67. The number of aryl methyl sites for hydroxylation is 1. The summed E-state index contributed by atoms with van der Waals surface area (Å²) < 4.78 is 17.5. The minimum absolute atomic E-state index is 0.169. The van der Waals surface area contributed by atoms with Crippen LogP contribution in [0.2, 0.25) is 0 Å². The molecule has 170 valence electrons. The summed E-state index contributed by atoms with van der Waals surface area (Å²) in [6, 6.07) is 18.0. The van der Waals surface area contributed by atoms with E-state index in [0.717, 1.165) is 33.9 Å². The number of carbonyl (C=O) groups is 1. The van der Waals surface area contributed by atoms with Gasteiger partial charge < -0.3 is 14.3 Å². The molecule has 1 amide bonds. The number of hydrogen-bond acceptors (Lipinski definition) is 3. The third-order valence-corrected chi connectivity index (χ3v) is 5.82. The molecular weight excluding hydrogens is 429 g/mol. The standard InChI is InChI=1S/C27H24FN5O/c1-19-31-24(18-32(19)17-21-7-5-11-29-16-21)26-15-23(25-9-2-3-13-33(25)26)27(34)30-12-10-20-6-4-8-22(28)14-20/h2-9,11,13-16,18H,10,12,17H2,1H3,(H,30,34). The monoisotopic (exact) mass is 453 g/mol. The minimum Gasteiger partial charge on any atom is -0.352 e. The molecule has 1 N–H and O–H groups in total. The molecule has 0 radical (unpaired) electrons. The zero-order valence-electron chi connectivity index (χ0n) is 18.8. The number of benzene rings is 1. The van der Waals surface area contributed by atoms with E-state index in [2.05, 4.69) is 14.9 Å². The van der Waals surface area contributed by atoms with Crippen molar-refractivity contribution in [3.63, 3.8) is 0 Å². The Hall–Kier alpha value is -4.26. The van der Waals surface area contributed by atoms with Crippen LogP contribution in [0.5, 0.6) is 0 Å². The molecule has 0 saturated carbocycles. The third-order valence-electron chi connectivity index (χ3n) is 5.82. The molecule has 0 saturated heterocycles. The van der Waals surface area contributed by atoms with Crippen molar-refractivity contribution in [2.45, 2.75) is 19.9 Å². The van der Waals surface area contributed by atoms with Crippen LogP contribution in [-0.4, -0.2) is 31.4 Å². The van der Waals surface area contributed by atoms with Gasteiger partial charge in [-0.25, -0.2) is 9.37 Å². The molecule has 4 heterocycles. The maximum atomic E-state index is 13.4. The molecule has 0 bridgehead atoms. The number of halogens is 1. The van der Waals surface area contributed by atoms with Gasteiger partial charge in [0.25, 0.3) is 5.91 Å². The average Bonchev–Trinajstić information content (AvgIpc) is 3.40. The van der Waals surface area contributed by atoms with E-state index in [9.17, 15) is 9.18 Å². The summed E-state index contributed by atoms with van der Waals surface area (Å²) in [5, 5.41) is 2.97. The smallest absolute Gasteiger partial charge is 0.253 e. The fourth-order valence-electron chi connectivity index (χ4n) is 4.12. The van der Waals surface area contributed by atoms with Gasteiger partial charge in [-0.2, -0.15) is 0 Å². The van der Waals surface area contributed by atoms with Crippen LogP contribution in [0, 0.1) is 12.7 Å². The van der Waals surface area contributed by atoms with Gasteiger partial charge in [-0.1, -0.05) is 24.3 Å². The van der Waals surface area contributed by atoms with Crippen molar-refractivity contribution in [2.75, 3.05) is 6.54 Å². The molecule has 0 aliphatic carbocycles. The van der Waals surface area contributed by atoms with Gasteiger partial charge in [0.05, 0.1) is 23.3 Å². The molecule has 0 atom stereocenters. The summed E-state index contributed by atoms with van der Waals surface area (Å²) in [7, 11) is 0. The van der Waals surface area contributed by atoms with Crippen molar-refractivity contribution in [1.82, 2.24) is 24.3 Å². The van der Waals surface area contributed by atoms with Crippen molar-refractivity contribution >= 4 is 11.4 Å². The van der Waals surface area contributed by atoms with E-state index >= 15 is 0 Å². The topological polar surface area (TPSA) is 64.2 Å². The van der Waals surface area contributed by atoms with E-state index in [0.29, 0.717) is 25.1 Å². The van der Waals surface area contributed by atoms with Crippen molar-refractivity contribution in [1.29, 1.82) is 0 Å². The van der Waals surface area contributed by atoms with Crippen molar-refractivity contribution in [3.05, 3.63) is 114 Å². The van der Waals surface area contributed by atoms with Crippen LogP contribution in [0.3, 0.4) is 0 Å². The summed E-state index contributed by atoms with van der Waals surface area (Å²) >= 11 is 0. The highest BCUT2D eigenvalue weighted by Crippen LogP contribution is 2.26. The number of rotatable bonds is 7. The van der Waals surface area contributed by atoms with Gasteiger partial charge in [-0.3, -0.25) is 9.78 Å². The number of carbonyl (C=O) groups excluding carboxylic acids is 1. The first-order valence-corrected chi connectivity index (χ1v) is 11.1. The maximum Gasteiger partial charge on any atom is 0.253 e. The van der Waals surface area contributed by atoms with Crippen LogP contribution in [0.15, 0.2) is 85.5 Å². The van der Waals surface area contributed by atoms with Crippen molar-refractivity contribution in [2.24, 2.45) is 0 Å². The van der Waals surface area contributed by atoms with Crippen LogP contribution in [0.25, 0.3) is 16.9 Å². The van der Waals surface area contributed by atoms with Crippen molar-refractivity contribution in [3.8, 4) is 11.4 Å². The summed E-state index contributed by atoms with van der Waals surface area (Å²) in [5.41, 5.74) is 4.96. The van der Waals surface area contributed by atoms with Gasteiger partial charge in [0, 0.05) is 31.3 Å². The first-order valence-electron chi connectivity index (χ1n) is 11.1. The van der Waals surface area contributed by atoms with Crippen LogP contribution >= 0.6 is 0 Å². The number of aromatic nitrogens is 4. The van der Waals surface area contributed by atoms with E-state index in [1.165, 1.54) is 12.1 Å². The fraction of sp³-hybridized carbons (Fsp3) is 0.148. The molecule has 7 heteroatoms. The Balaban J connectivity index is 1.39. The van der Waals surface area contributed by atoms with Crippen LogP contribution < -0.4 is 5.32 Å². The molecule has 0 fully saturated rings. The van der Waals surface area contributed by atoms with Gasteiger partial charge in [0.15, 0.2) is 0 Å². The summed E-state index contributed by atoms with van der Waals surface area (Å²) in [4.78, 5) is 22.0. The number of hydrogen-bond donors (Lipinski definition) is 1. The Kier molecular flexibility index (Phi) is 5.91. The second-order valence-electron chi connectivity index (χ2n) is 8.20. The Labute approximate surface area is 196 Å². The minimum atomic E-state index is -0.273. The number of amides is 1. The maximum absolute atomic E-state index is 13.4. The normalized spacial score (nSPS) is 11.1. The zero-order valence-corrected chi connectivity index (χ0v) is 18.8. The molecule has 5 rings (SSSR count). The highest BCUT2D eigenvalue weighted by atomic mass is 19.1. The summed E-state index contributed by atoms with van der Waals surface area (Å²) in [6.07, 6.45) is 8.09. The molecule has 4 aromatic heterocycles. The lowest BCUT2D eigenvalue weighted by atomic mass is 10.1. The fourth-order valence-corrected chi connectivity index (χ4v) is 4.12. The van der Waals surface area contributed by atoms with Gasteiger partial charge in [-0.15, -0.1) is 0 Å². The highest BCUT2D eigenvalue weighted by Gasteiger charge is 2.18. The SMILES string of the molecule is Cc1nc(-c2cc(C(=O)NCCc3cccc(F)c3)c3ccccn23)cn1Cc1cccnc1. The molecule has 0 aliphatic heterocycles. The predicted molar refractivity (Wildman–Crippen MR) is 129 cm³/mol. The summed E-state index contributed by atoms with van der Waals surface area (Å²) in [5.74, 6) is 0.439. The highest BCUT2D eigenvalue weighted by molar-refractivity contribution is 6.02. The molecule has 6 nitrogen and oxygen atoms in total. The van der Waals surface area contributed by atoms with Gasteiger partial charge in [0.1, 0.15) is 17.3 Å². The van der Waals surface area contributed by atoms with Crippen LogP contribution in [0.4, 0.5) is 4.39 Å². The van der Waals surface area contributed by atoms with E-state index in [1.54, 1.807) is 12.3 Å². The number of pyridine rings is 2. The second-order valence-corrected chi connectivity index (χ2v) is 8.20. The van der Waals surface area contributed by atoms with Crippen LogP contribution in [0.1, 0.15) is 27.3 Å². The number of fused-ring (bicyclic) bond motifs is 1. The molecule has 0 aliphatic rings. The van der Waals surface area contributed by atoms with Crippen molar-refractivity contribution < 1.29 is 9.18 Å². The molecular formula is C27H24FN5O. The molecule has 0 unspecified atom stereocenters. The first-order chi connectivity index (χ1) is 16.6. The number of imidazole rings is 1. The zero-order chi connectivity index (χ0) is 23.5. The average molecular weight is 454 g/mol. The third kappa shape index (κ3) is 4.45. The van der Waals surface area contributed by atoms with Gasteiger partial charge in [0.2, 0.25) is 0 Å². The quantitative estimate of drug-likeness (QED) is 0.390. The largest absolute Gasteiger partial charge is 0.352 e. The Bertz CT molecular complexity index is 1450. The van der Waals surface area contributed by atoms with Crippen LogP contribution in [-0.2, 0) is 13.0 Å². The molecule has 1 aromatic carbocycles. The van der Waals surface area contributed by atoms with Gasteiger partial charge >= 0.3 is 0 Å². The van der Waals surface area contributed by atoms with E-state index in [-0.39, 0.29) is 11.7 Å². The Morgan fingerprint density at radius 1 is 1.06 bits per heavy atom. The van der Waals surface area contributed by atoms with E-state index in [4.69, 9.17) is 4.98 Å². The molecule has 0 spiro atoms. The van der Waals surface area contributed by atoms with E-state index < -0.39 is 0 Å². The summed E-state index contributed by atoms with van der Waals surface area (Å²) in [6.45, 7) is 3.06. The Morgan fingerprint density at radius 3 is 2.76 bits per heavy atom. The molecule has 34 heavy (non-hydrogen) atoms.